The van der Waals surface area contributed by atoms with Gasteiger partial charge in [0.05, 0.1) is 30.9 Å². The summed E-state index contributed by atoms with van der Waals surface area (Å²) in [5.41, 5.74) is 1.25. The number of para-hydroxylation sites is 1. The number of piperidine rings is 1. The normalized spacial score (nSPS) is 22.2. The Morgan fingerprint density at radius 2 is 1.65 bits per heavy atom. The molecule has 3 amide bonds. The van der Waals surface area contributed by atoms with Gasteiger partial charge in [-0.15, -0.1) is 0 Å². The summed E-state index contributed by atoms with van der Waals surface area (Å²) in [7, 11) is 3.08. The minimum absolute atomic E-state index is 0.0851. The summed E-state index contributed by atoms with van der Waals surface area (Å²) < 4.78 is 12.5. The first kappa shape index (κ1) is 26.6. The van der Waals surface area contributed by atoms with Crippen LogP contribution in [0.25, 0.3) is 0 Å². The van der Waals surface area contributed by atoms with Crippen molar-refractivity contribution >= 4 is 46.5 Å². The maximum atomic E-state index is 14.0. The van der Waals surface area contributed by atoms with E-state index in [2.05, 4.69) is 0 Å². The Bertz CT molecular complexity index is 1530. The van der Waals surface area contributed by atoms with Crippen molar-refractivity contribution < 1.29 is 23.9 Å². The summed E-state index contributed by atoms with van der Waals surface area (Å²) in [5, 5.41) is -0.166. The molecular weight excluding hydrogens is 550 g/mol. The number of fused-ring (bicyclic) bond motifs is 2. The van der Waals surface area contributed by atoms with Gasteiger partial charge in [0.2, 0.25) is 17.7 Å². The maximum absolute atomic E-state index is 14.0. The summed E-state index contributed by atoms with van der Waals surface area (Å²) in [4.78, 5) is 57.9. The molecule has 6 rings (SSSR count). The largest absolute Gasteiger partial charge is 0.493 e. The van der Waals surface area contributed by atoms with Gasteiger partial charge in [0, 0.05) is 23.9 Å². The minimum Gasteiger partial charge on any atom is -0.493 e. The molecule has 0 bridgehead atoms. The average molecular weight is 580 g/mol. The monoisotopic (exact) mass is 579 g/mol. The third kappa shape index (κ3) is 4.41. The Morgan fingerprint density at radius 1 is 0.925 bits per heavy atom. The first-order valence-corrected chi connectivity index (χ1v) is 14.9. The van der Waals surface area contributed by atoms with Crippen LogP contribution in [0.4, 0.5) is 5.69 Å². The van der Waals surface area contributed by atoms with Crippen LogP contribution < -0.4 is 19.2 Å². The maximum Gasteiger partial charge on any atom is 0.308 e. The molecule has 3 aliphatic rings. The van der Waals surface area contributed by atoms with Gasteiger partial charge in [-0.3, -0.25) is 23.7 Å². The Kier molecular flexibility index (Phi) is 7.18. The van der Waals surface area contributed by atoms with Gasteiger partial charge in [0.25, 0.3) is 0 Å². The van der Waals surface area contributed by atoms with Gasteiger partial charge >= 0.3 is 4.87 Å². The van der Waals surface area contributed by atoms with Crippen LogP contribution in [-0.4, -0.2) is 59.7 Å². The van der Waals surface area contributed by atoms with Gasteiger partial charge in [-0.1, -0.05) is 47.4 Å². The van der Waals surface area contributed by atoms with Crippen molar-refractivity contribution in [3.05, 3.63) is 68.6 Å². The highest BCUT2D eigenvalue weighted by molar-refractivity contribution is 8.00. The van der Waals surface area contributed by atoms with E-state index in [1.54, 1.807) is 43.5 Å². The van der Waals surface area contributed by atoms with Crippen LogP contribution in [0.2, 0.25) is 0 Å². The van der Waals surface area contributed by atoms with E-state index in [1.807, 2.05) is 17.0 Å². The lowest BCUT2D eigenvalue weighted by molar-refractivity contribution is -0.133. The van der Waals surface area contributed by atoms with E-state index in [1.165, 1.54) is 28.3 Å². The lowest BCUT2D eigenvalue weighted by Crippen LogP contribution is -2.39. The summed E-state index contributed by atoms with van der Waals surface area (Å²) in [5.74, 6) is -1.02. The molecule has 3 atom stereocenters. The first-order valence-electron chi connectivity index (χ1n) is 13.3. The number of hydrogen-bond donors (Lipinski definition) is 0. The molecule has 3 unspecified atom stereocenters. The molecule has 40 heavy (non-hydrogen) atoms. The molecule has 0 spiro atoms. The van der Waals surface area contributed by atoms with Crippen LogP contribution in [0.1, 0.15) is 35.6 Å². The second-order valence-corrected chi connectivity index (χ2v) is 12.2. The number of anilines is 1. The summed E-state index contributed by atoms with van der Waals surface area (Å²) in [6.07, 6.45) is 3.00. The summed E-state index contributed by atoms with van der Waals surface area (Å²) in [6, 6.07) is 14.3. The number of benzene rings is 2. The zero-order chi connectivity index (χ0) is 28.0. The average Bonchev–Trinajstić information content (AvgIpc) is 3.43. The molecule has 1 aromatic heterocycles. The second kappa shape index (κ2) is 10.8. The van der Waals surface area contributed by atoms with Crippen LogP contribution in [0.3, 0.4) is 0 Å². The quantitative estimate of drug-likeness (QED) is 0.411. The molecule has 2 fully saturated rings. The van der Waals surface area contributed by atoms with Crippen molar-refractivity contribution in [2.45, 2.75) is 42.0 Å². The van der Waals surface area contributed by atoms with Gasteiger partial charge < -0.3 is 14.4 Å². The van der Waals surface area contributed by atoms with Crippen molar-refractivity contribution in [2.24, 2.45) is 5.92 Å². The van der Waals surface area contributed by atoms with Gasteiger partial charge in [0.1, 0.15) is 11.8 Å². The van der Waals surface area contributed by atoms with E-state index in [9.17, 15) is 19.2 Å². The predicted octanol–water partition coefficient (Wildman–Crippen LogP) is 3.74. The fourth-order valence-corrected chi connectivity index (χ4v) is 8.64. The fraction of sp³-hybridized carbons (Fsp3) is 0.379. The molecule has 2 aromatic carbocycles. The number of amides is 3. The van der Waals surface area contributed by atoms with Crippen molar-refractivity contribution in [3.63, 3.8) is 0 Å². The molecule has 0 aliphatic carbocycles. The highest BCUT2D eigenvalue weighted by Gasteiger charge is 2.57. The van der Waals surface area contributed by atoms with Gasteiger partial charge in [-0.2, -0.15) is 0 Å². The van der Waals surface area contributed by atoms with E-state index in [-0.39, 0.29) is 29.1 Å². The standard InChI is InChI=1S/C29H29N3O6S2/c1-37-19-12-11-17(15-20(19)38-2)22-23-24(27(35)32(26(23)34)18-9-5-3-6-10-18)39-28-25(22)40-29(36)31(28)16-21(33)30-13-7-4-8-14-30/h3,5-6,9-12,15,22-24H,4,7-8,13-14,16H2,1-2H3. The zero-order valence-corrected chi connectivity index (χ0v) is 23.8. The van der Waals surface area contributed by atoms with Crippen LogP contribution in [0.5, 0.6) is 11.5 Å². The van der Waals surface area contributed by atoms with E-state index < -0.39 is 17.1 Å². The zero-order valence-electron chi connectivity index (χ0n) is 22.2. The number of carbonyl (C=O) groups is 3. The third-order valence-corrected chi connectivity index (χ3v) is 10.4. The number of nitrogens with zero attached hydrogens (tertiary/aromatic N) is 3. The number of ether oxygens (including phenoxy) is 2. The van der Waals surface area contributed by atoms with Crippen molar-refractivity contribution in [2.75, 3.05) is 32.2 Å². The number of carbonyl (C=O) groups excluding carboxylic acids is 3. The number of aromatic nitrogens is 1. The number of thiazole rings is 1. The molecule has 0 N–H and O–H groups in total. The van der Waals surface area contributed by atoms with Crippen molar-refractivity contribution in [3.8, 4) is 11.5 Å². The molecule has 0 radical (unpaired) electrons. The number of thioether (sulfide) groups is 1. The van der Waals surface area contributed by atoms with Gasteiger partial charge in [-0.05, 0) is 49.1 Å². The van der Waals surface area contributed by atoms with Crippen LogP contribution in [0.15, 0.2) is 58.4 Å². The SMILES string of the molecule is COc1ccc(C2c3sc(=O)n(CC(=O)N4CCCCC4)c3SC3C(=O)N(c4ccccc4)C(=O)C32)cc1OC. The second-order valence-electron chi connectivity index (χ2n) is 10.1. The molecule has 4 heterocycles. The number of rotatable bonds is 6. The van der Waals surface area contributed by atoms with Crippen LogP contribution in [0, 0.1) is 5.92 Å². The highest BCUT2D eigenvalue weighted by Crippen LogP contribution is 2.54. The van der Waals surface area contributed by atoms with Crippen molar-refractivity contribution in [1.29, 1.82) is 0 Å². The lowest BCUT2D eigenvalue weighted by atomic mass is 9.83. The predicted molar refractivity (Wildman–Crippen MR) is 152 cm³/mol. The summed E-state index contributed by atoms with van der Waals surface area (Å²) in [6.45, 7) is 1.29. The Balaban J connectivity index is 1.46. The highest BCUT2D eigenvalue weighted by atomic mass is 32.2. The van der Waals surface area contributed by atoms with E-state index in [0.29, 0.717) is 40.2 Å². The minimum atomic E-state index is -0.747. The number of imide groups is 1. The van der Waals surface area contributed by atoms with Crippen LogP contribution >= 0.6 is 23.1 Å². The topological polar surface area (TPSA) is 98.1 Å². The fourth-order valence-electron chi connectivity index (χ4n) is 5.87. The molecule has 2 saturated heterocycles. The molecule has 208 valence electrons. The smallest absolute Gasteiger partial charge is 0.308 e. The van der Waals surface area contributed by atoms with Gasteiger partial charge in [-0.25, -0.2) is 4.90 Å². The molecule has 3 aliphatic heterocycles. The molecule has 9 nitrogen and oxygen atoms in total. The Hall–Kier alpha value is -3.57. The Morgan fingerprint density at radius 3 is 2.35 bits per heavy atom. The molecule has 11 heteroatoms. The molecule has 3 aromatic rings. The summed E-state index contributed by atoms with van der Waals surface area (Å²) >= 11 is 2.27. The number of methoxy groups -OCH3 is 2. The van der Waals surface area contributed by atoms with E-state index >= 15 is 0 Å². The van der Waals surface area contributed by atoms with Gasteiger partial charge in [0.15, 0.2) is 11.5 Å². The van der Waals surface area contributed by atoms with E-state index in [0.717, 1.165) is 36.2 Å². The third-order valence-electron chi connectivity index (χ3n) is 7.83. The Labute approximate surface area is 239 Å². The molecular formula is C29H29N3O6S2. The molecule has 0 saturated carbocycles. The number of likely N-dealkylation sites (tertiary alicyclic amines) is 1. The lowest BCUT2D eigenvalue weighted by Gasteiger charge is -2.31. The van der Waals surface area contributed by atoms with E-state index in [4.69, 9.17) is 9.47 Å². The first-order chi connectivity index (χ1) is 19.4. The number of hydrogen-bond acceptors (Lipinski definition) is 8. The van der Waals surface area contributed by atoms with Crippen LogP contribution in [-0.2, 0) is 20.9 Å². The van der Waals surface area contributed by atoms with Crippen molar-refractivity contribution in [1.82, 2.24) is 9.47 Å².